The number of phenolic OH excluding ortho intramolecular Hbond substituents is 1. The quantitative estimate of drug-likeness (QED) is 0.882. The minimum absolute atomic E-state index is 0.278. The first-order valence-electron chi connectivity index (χ1n) is 5.65. The zero-order chi connectivity index (χ0) is 12.5. The molecule has 1 aliphatic heterocycles. The van der Waals surface area contributed by atoms with Crippen molar-refractivity contribution in [1.29, 1.82) is 0 Å². The van der Waals surface area contributed by atoms with E-state index in [4.69, 9.17) is 4.74 Å². The van der Waals surface area contributed by atoms with E-state index in [2.05, 4.69) is 6.58 Å². The third-order valence-corrected chi connectivity index (χ3v) is 3.86. The lowest BCUT2D eigenvalue weighted by molar-refractivity contribution is 0.286. The lowest BCUT2D eigenvalue weighted by Crippen LogP contribution is -1.89. The van der Waals surface area contributed by atoms with Gasteiger partial charge in [-0.15, -0.1) is 11.3 Å². The highest BCUT2D eigenvalue weighted by Gasteiger charge is 2.24. The standard InChI is InChI=1S/C15H12O2S/c1-10-15(14-7-4-8-18-14)12(9-17-10)11-5-2-3-6-13(11)16/h2-8,16H,1,9H2. The number of benzene rings is 1. The number of aromatic hydroxyl groups is 1. The van der Waals surface area contributed by atoms with Crippen LogP contribution in [0.3, 0.4) is 0 Å². The van der Waals surface area contributed by atoms with Crippen LogP contribution in [0.2, 0.25) is 0 Å². The van der Waals surface area contributed by atoms with E-state index in [1.165, 1.54) is 0 Å². The summed E-state index contributed by atoms with van der Waals surface area (Å²) >= 11 is 1.65. The molecule has 1 N–H and O–H groups in total. The number of thiophene rings is 1. The first kappa shape index (κ1) is 11.1. The molecule has 2 nitrogen and oxygen atoms in total. The number of rotatable bonds is 2. The zero-order valence-electron chi connectivity index (χ0n) is 9.72. The van der Waals surface area contributed by atoms with Gasteiger partial charge in [0.25, 0.3) is 0 Å². The largest absolute Gasteiger partial charge is 0.507 e. The van der Waals surface area contributed by atoms with Crippen LogP contribution < -0.4 is 0 Å². The Hall–Kier alpha value is -2.00. The summed E-state index contributed by atoms with van der Waals surface area (Å²) in [5, 5.41) is 12.0. The molecule has 0 atom stereocenters. The van der Waals surface area contributed by atoms with E-state index in [1.807, 2.05) is 35.7 Å². The van der Waals surface area contributed by atoms with Crippen LogP contribution in [0.15, 0.2) is 54.1 Å². The molecule has 0 aliphatic carbocycles. The first-order valence-corrected chi connectivity index (χ1v) is 6.53. The highest BCUT2D eigenvalue weighted by atomic mass is 32.1. The molecule has 18 heavy (non-hydrogen) atoms. The maximum Gasteiger partial charge on any atom is 0.123 e. The topological polar surface area (TPSA) is 29.5 Å². The Labute approximate surface area is 109 Å². The lowest BCUT2D eigenvalue weighted by atomic mass is 9.99. The van der Waals surface area contributed by atoms with E-state index in [0.29, 0.717) is 12.4 Å². The van der Waals surface area contributed by atoms with Gasteiger partial charge in [-0.25, -0.2) is 0 Å². The van der Waals surface area contributed by atoms with Gasteiger partial charge in [-0.2, -0.15) is 0 Å². The third-order valence-electron chi connectivity index (χ3n) is 2.97. The van der Waals surface area contributed by atoms with E-state index < -0.39 is 0 Å². The van der Waals surface area contributed by atoms with Gasteiger partial charge in [0.05, 0.1) is 0 Å². The van der Waals surface area contributed by atoms with Crippen molar-refractivity contribution in [1.82, 2.24) is 0 Å². The Morgan fingerprint density at radius 2 is 2.00 bits per heavy atom. The SMILES string of the molecule is C=C1OCC(c2ccccc2O)=C1c1cccs1. The summed E-state index contributed by atoms with van der Waals surface area (Å²) in [6, 6.07) is 11.4. The van der Waals surface area contributed by atoms with Crippen molar-refractivity contribution < 1.29 is 9.84 Å². The van der Waals surface area contributed by atoms with Gasteiger partial charge in [0.2, 0.25) is 0 Å². The average molecular weight is 256 g/mol. The number of hydrogen-bond acceptors (Lipinski definition) is 3. The summed E-state index contributed by atoms with van der Waals surface area (Å²) in [5.74, 6) is 0.954. The molecule has 3 rings (SSSR count). The van der Waals surface area contributed by atoms with Crippen molar-refractivity contribution in [3.8, 4) is 5.75 Å². The first-order chi connectivity index (χ1) is 8.77. The molecule has 1 aromatic carbocycles. The van der Waals surface area contributed by atoms with Crippen molar-refractivity contribution in [3.63, 3.8) is 0 Å². The van der Waals surface area contributed by atoms with Gasteiger partial charge in [-0.3, -0.25) is 0 Å². The van der Waals surface area contributed by atoms with Gasteiger partial charge in [0.15, 0.2) is 0 Å². The second-order valence-corrected chi connectivity index (χ2v) is 5.01. The van der Waals surface area contributed by atoms with Gasteiger partial charge in [-0.05, 0) is 17.5 Å². The Kier molecular flexibility index (Phi) is 2.68. The molecule has 0 unspecified atom stereocenters. The monoisotopic (exact) mass is 256 g/mol. The number of hydrogen-bond donors (Lipinski definition) is 1. The number of phenols is 1. The molecule has 0 saturated heterocycles. The number of para-hydroxylation sites is 1. The summed E-state index contributed by atoms with van der Waals surface area (Å²) in [6.07, 6.45) is 0. The predicted molar refractivity (Wildman–Crippen MR) is 74.3 cm³/mol. The van der Waals surface area contributed by atoms with Crippen LogP contribution in [0.5, 0.6) is 5.75 Å². The maximum absolute atomic E-state index is 9.96. The Morgan fingerprint density at radius 1 is 1.17 bits per heavy atom. The number of ether oxygens (including phenoxy) is 1. The molecule has 90 valence electrons. The van der Waals surface area contributed by atoms with Gasteiger partial charge in [-0.1, -0.05) is 30.8 Å². The molecule has 0 bridgehead atoms. The molecular formula is C15H12O2S. The second-order valence-electron chi connectivity index (χ2n) is 4.06. The number of allylic oxidation sites excluding steroid dienone is 1. The lowest BCUT2D eigenvalue weighted by Gasteiger charge is -2.05. The molecule has 1 aromatic heterocycles. The molecule has 0 saturated carbocycles. The molecule has 0 radical (unpaired) electrons. The summed E-state index contributed by atoms with van der Waals surface area (Å²) in [7, 11) is 0. The van der Waals surface area contributed by atoms with Gasteiger partial charge < -0.3 is 9.84 Å². The second kappa shape index (κ2) is 4.35. The third kappa shape index (κ3) is 1.73. The van der Waals surface area contributed by atoms with Gasteiger partial charge >= 0.3 is 0 Å². The Bertz CT molecular complexity index is 624. The molecule has 2 heterocycles. The van der Waals surface area contributed by atoms with Gasteiger partial charge in [0, 0.05) is 21.6 Å². The van der Waals surface area contributed by atoms with E-state index in [-0.39, 0.29) is 5.75 Å². The fourth-order valence-electron chi connectivity index (χ4n) is 2.12. The van der Waals surface area contributed by atoms with Crippen molar-refractivity contribution in [3.05, 3.63) is 64.6 Å². The smallest absolute Gasteiger partial charge is 0.123 e. The maximum atomic E-state index is 9.96. The van der Waals surface area contributed by atoms with E-state index in [1.54, 1.807) is 17.4 Å². The van der Waals surface area contributed by atoms with Crippen LogP contribution in [0.25, 0.3) is 11.1 Å². The van der Waals surface area contributed by atoms with Crippen LogP contribution in [0, 0.1) is 0 Å². The molecule has 0 fully saturated rings. The van der Waals surface area contributed by atoms with E-state index in [9.17, 15) is 5.11 Å². The summed E-state index contributed by atoms with van der Waals surface area (Å²) < 4.78 is 5.54. The Balaban J connectivity index is 2.20. The minimum atomic E-state index is 0.278. The Morgan fingerprint density at radius 3 is 2.72 bits per heavy atom. The molecule has 0 spiro atoms. The molecule has 3 heteroatoms. The fourth-order valence-corrected chi connectivity index (χ4v) is 2.94. The molecule has 1 aliphatic rings. The minimum Gasteiger partial charge on any atom is -0.507 e. The van der Waals surface area contributed by atoms with E-state index >= 15 is 0 Å². The molecule has 0 amide bonds. The van der Waals surface area contributed by atoms with Crippen molar-refractivity contribution in [2.45, 2.75) is 0 Å². The zero-order valence-corrected chi connectivity index (χ0v) is 10.5. The summed E-state index contributed by atoms with van der Waals surface area (Å²) in [4.78, 5) is 1.12. The van der Waals surface area contributed by atoms with Crippen molar-refractivity contribution in [2.24, 2.45) is 0 Å². The van der Waals surface area contributed by atoms with Crippen molar-refractivity contribution in [2.75, 3.05) is 6.61 Å². The van der Waals surface area contributed by atoms with Crippen LogP contribution >= 0.6 is 11.3 Å². The normalized spacial score (nSPS) is 15.0. The molecule has 2 aromatic rings. The fraction of sp³-hybridized carbons (Fsp3) is 0.0667. The van der Waals surface area contributed by atoms with Crippen molar-refractivity contribution >= 4 is 22.5 Å². The molecular weight excluding hydrogens is 244 g/mol. The predicted octanol–water partition coefficient (Wildman–Crippen LogP) is 3.91. The van der Waals surface area contributed by atoms with E-state index in [0.717, 1.165) is 21.6 Å². The van der Waals surface area contributed by atoms with Crippen LogP contribution in [-0.2, 0) is 4.74 Å². The van der Waals surface area contributed by atoms with Crippen LogP contribution in [0.4, 0.5) is 0 Å². The average Bonchev–Trinajstić information content (AvgIpc) is 2.98. The summed E-state index contributed by atoms with van der Waals surface area (Å²) in [6.45, 7) is 4.40. The van der Waals surface area contributed by atoms with Gasteiger partial charge in [0.1, 0.15) is 18.1 Å². The highest BCUT2D eigenvalue weighted by Crippen LogP contribution is 2.41. The van der Waals surface area contributed by atoms with Crippen LogP contribution in [-0.4, -0.2) is 11.7 Å². The van der Waals surface area contributed by atoms with Crippen LogP contribution in [0.1, 0.15) is 10.4 Å². The highest BCUT2D eigenvalue weighted by molar-refractivity contribution is 7.11. The summed E-state index contributed by atoms with van der Waals surface area (Å²) in [5.41, 5.74) is 2.83.